The summed E-state index contributed by atoms with van der Waals surface area (Å²) in [5.41, 5.74) is 0.618. The van der Waals surface area contributed by atoms with Crippen LogP contribution in [0.2, 0.25) is 0 Å². The van der Waals surface area contributed by atoms with Crippen molar-refractivity contribution in [3.05, 3.63) is 35.9 Å². The molecule has 1 amide bonds. The minimum Gasteiger partial charge on any atom is -0.479 e. The van der Waals surface area contributed by atoms with Crippen molar-refractivity contribution in [2.45, 2.75) is 25.3 Å². The zero-order chi connectivity index (χ0) is 13.4. The Labute approximate surface area is 111 Å². The molecule has 4 heteroatoms. The third-order valence-corrected chi connectivity index (χ3v) is 4.07. The van der Waals surface area contributed by atoms with E-state index in [2.05, 4.69) is 5.32 Å². The zero-order valence-corrected chi connectivity index (χ0v) is 10.6. The first-order chi connectivity index (χ1) is 9.16. The topological polar surface area (TPSA) is 66.4 Å². The third-order valence-electron chi connectivity index (χ3n) is 4.07. The summed E-state index contributed by atoms with van der Waals surface area (Å²) in [6, 6.07) is 7.90. The summed E-state index contributed by atoms with van der Waals surface area (Å²) < 4.78 is 0. The van der Waals surface area contributed by atoms with Crippen LogP contribution in [0.4, 0.5) is 0 Å². The van der Waals surface area contributed by atoms with E-state index < -0.39 is 12.0 Å². The predicted octanol–water partition coefficient (Wildman–Crippen LogP) is 1.97. The van der Waals surface area contributed by atoms with Crippen LogP contribution in [0.15, 0.2) is 30.3 Å². The molecule has 4 nitrogen and oxygen atoms in total. The minimum atomic E-state index is -1.01. The fourth-order valence-electron chi connectivity index (χ4n) is 2.74. The lowest BCUT2D eigenvalue weighted by atomic mass is 10.1. The molecule has 0 saturated heterocycles. The molecule has 0 radical (unpaired) electrons. The minimum absolute atomic E-state index is 0.0399. The Kier molecular flexibility index (Phi) is 3.01. The molecule has 0 aromatic heterocycles. The maximum atomic E-state index is 12.1. The number of aliphatic carboxylic acids is 1. The molecule has 0 heterocycles. The van der Waals surface area contributed by atoms with Crippen molar-refractivity contribution in [3.63, 3.8) is 0 Å². The summed E-state index contributed by atoms with van der Waals surface area (Å²) in [5, 5.41) is 11.9. The highest BCUT2D eigenvalue weighted by Gasteiger charge is 2.51. The van der Waals surface area contributed by atoms with E-state index in [0.717, 1.165) is 12.3 Å². The highest BCUT2D eigenvalue weighted by atomic mass is 16.4. The fraction of sp³-hybridized carbons (Fsp3) is 0.467. The lowest BCUT2D eigenvalue weighted by Gasteiger charge is -2.14. The van der Waals surface area contributed by atoms with E-state index in [1.54, 1.807) is 24.3 Å². The molecule has 0 bridgehead atoms. The van der Waals surface area contributed by atoms with Crippen LogP contribution < -0.4 is 5.32 Å². The molecule has 1 aromatic rings. The number of amides is 1. The summed E-state index contributed by atoms with van der Waals surface area (Å²) in [6.45, 7) is 0. The Balaban J connectivity index is 1.65. The average molecular weight is 259 g/mol. The van der Waals surface area contributed by atoms with Gasteiger partial charge in [-0.2, -0.15) is 0 Å². The predicted molar refractivity (Wildman–Crippen MR) is 69.3 cm³/mol. The van der Waals surface area contributed by atoms with Gasteiger partial charge in [-0.25, -0.2) is 4.79 Å². The zero-order valence-electron chi connectivity index (χ0n) is 10.6. The van der Waals surface area contributed by atoms with E-state index in [4.69, 9.17) is 0 Å². The third kappa shape index (κ3) is 2.62. The summed E-state index contributed by atoms with van der Waals surface area (Å²) in [4.78, 5) is 23.4. The van der Waals surface area contributed by atoms with Crippen LogP contribution >= 0.6 is 0 Å². The van der Waals surface area contributed by atoms with Crippen LogP contribution in [0.1, 0.15) is 30.9 Å². The van der Waals surface area contributed by atoms with Crippen molar-refractivity contribution in [2.75, 3.05) is 0 Å². The van der Waals surface area contributed by atoms with Gasteiger partial charge in [-0.3, -0.25) is 4.79 Å². The summed E-state index contributed by atoms with van der Waals surface area (Å²) in [5.74, 6) is 0.148. The fourth-order valence-corrected chi connectivity index (χ4v) is 2.74. The normalized spacial score (nSPS) is 26.5. The lowest BCUT2D eigenvalue weighted by Crippen LogP contribution is -2.35. The van der Waals surface area contributed by atoms with Gasteiger partial charge in [-0.15, -0.1) is 0 Å². The van der Waals surface area contributed by atoms with Crippen LogP contribution in [0.3, 0.4) is 0 Å². The molecule has 0 spiro atoms. The molecule has 100 valence electrons. The number of carboxylic acids is 1. The number of rotatable bonds is 5. The van der Waals surface area contributed by atoms with Gasteiger partial charge in [0.1, 0.15) is 0 Å². The van der Waals surface area contributed by atoms with E-state index in [1.807, 2.05) is 6.07 Å². The molecule has 1 aromatic carbocycles. The molecule has 3 rings (SSSR count). The van der Waals surface area contributed by atoms with E-state index in [0.29, 0.717) is 11.5 Å². The van der Waals surface area contributed by atoms with E-state index in [-0.39, 0.29) is 11.8 Å². The van der Waals surface area contributed by atoms with Crippen LogP contribution in [-0.2, 0) is 9.59 Å². The molecule has 2 aliphatic carbocycles. The summed E-state index contributed by atoms with van der Waals surface area (Å²) >= 11 is 0. The Morgan fingerprint density at radius 1 is 1.21 bits per heavy atom. The number of nitrogens with one attached hydrogen (secondary N) is 1. The van der Waals surface area contributed by atoms with Crippen LogP contribution in [0.5, 0.6) is 0 Å². The second-order valence-electron chi connectivity index (χ2n) is 5.53. The number of carbonyl (C=O) groups is 2. The molecule has 2 saturated carbocycles. The van der Waals surface area contributed by atoms with E-state index in [9.17, 15) is 14.7 Å². The first-order valence-electron chi connectivity index (χ1n) is 6.75. The van der Waals surface area contributed by atoms with Gasteiger partial charge in [-0.1, -0.05) is 30.3 Å². The maximum Gasteiger partial charge on any atom is 0.330 e. The first kappa shape index (κ1) is 12.2. The molecule has 0 aliphatic heterocycles. The monoisotopic (exact) mass is 259 g/mol. The lowest BCUT2D eigenvalue weighted by molar-refractivity contribution is -0.142. The van der Waals surface area contributed by atoms with Crippen molar-refractivity contribution >= 4 is 11.9 Å². The van der Waals surface area contributed by atoms with E-state index >= 15 is 0 Å². The van der Waals surface area contributed by atoms with Crippen molar-refractivity contribution in [1.82, 2.24) is 5.32 Å². The summed E-state index contributed by atoms with van der Waals surface area (Å²) in [7, 11) is 0. The van der Waals surface area contributed by atoms with Gasteiger partial charge >= 0.3 is 5.97 Å². The Morgan fingerprint density at radius 3 is 2.47 bits per heavy atom. The van der Waals surface area contributed by atoms with Crippen molar-refractivity contribution in [1.29, 1.82) is 0 Å². The number of carbonyl (C=O) groups excluding carboxylic acids is 1. The van der Waals surface area contributed by atoms with Gasteiger partial charge in [0.2, 0.25) is 5.91 Å². The largest absolute Gasteiger partial charge is 0.479 e. The molecule has 2 fully saturated rings. The van der Waals surface area contributed by atoms with Crippen molar-refractivity contribution < 1.29 is 14.7 Å². The molecule has 2 N–H and O–H groups in total. The number of hydrogen-bond donors (Lipinski definition) is 2. The molecule has 2 aliphatic rings. The SMILES string of the molecule is O=C(O)[C@@H](NC(=O)[C@@H]1C[C@@H]1C1CC1)c1ccccc1. The maximum absolute atomic E-state index is 12.1. The molecule has 0 unspecified atom stereocenters. The van der Waals surface area contributed by atoms with Gasteiger partial charge in [0.15, 0.2) is 6.04 Å². The second kappa shape index (κ2) is 4.68. The molecule has 19 heavy (non-hydrogen) atoms. The quantitative estimate of drug-likeness (QED) is 0.849. The van der Waals surface area contributed by atoms with Crippen molar-refractivity contribution in [3.8, 4) is 0 Å². The first-order valence-corrected chi connectivity index (χ1v) is 6.75. The van der Waals surface area contributed by atoms with Gasteiger partial charge in [0, 0.05) is 5.92 Å². The molecular weight excluding hydrogens is 242 g/mol. The standard InChI is InChI=1S/C15H17NO3/c17-14(12-8-11(12)9-6-7-9)16-13(15(18)19)10-4-2-1-3-5-10/h1-5,9,11-13H,6-8H2,(H,16,17)(H,18,19)/t11-,12-,13+/m1/s1. The Morgan fingerprint density at radius 2 is 1.89 bits per heavy atom. The van der Waals surface area contributed by atoms with Crippen LogP contribution in [-0.4, -0.2) is 17.0 Å². The summed E-state index contributed by atoms with van der Waals surface area (Å²) in [6.07, 6.45) is 3.39. The average Bonchev–Trinajstić information content (AvgIpc) is 3.28. The van der Waals surface area contributed by atoms with Gasteiger partial charge in [0.05, 0.1) is 0 Å². The smallest absolute Gasteiger partial charge is 0.330 e. The van der Waals surface area contributed by atoms with Gasteiger partial charge in [-0.05, 0) is 36.7 Å². The van der Waals surface area contributed by atoms with Crippen molar-refractivity contribution in [2.24, 2.45) is 17.8 Å². The molecule has 3 atom stereocenters. The number of carboxylic acid groups (broad SMARTS) is 1. The Hall–Kier alpha value is -1.84. The molecular formula is C15H17NO3. The van der Waals surface area contributed by atoms with Crippen LogP contribution in [0, 0.1) is 17.8 Å². The highest BCUT2D eigenvalue weighted by Crippen LogP contribution is 2.54. The van der Waals surface area contributed by atoms with Crippen LogP contribution in [0.25, 0.3) is 0 Å². The highest BCUT2D eigenvalue weighted by molar-refractivity contribution is 5.87. The van der Waals surface area contributed by atoms with E-state index in [1.165, 1.54) is 12.8 Å². The Bertz CT molecular complexity index is 495. The number of hydrogen-bond acceptors (Lipinski definition) is 2. The van der Waals surface area contributed by atoms with Gasteiger partial charge in [0.25, 0.3) is 0 Å². The number of benzene rings is 1. The van der Waals surface area contributed by atoms with Gasteiger partial charge < -0.3 is 10.4 Å². The second-order valence-corrected chi connectivity index (χ2v) is 5.53.